The molecule has 0 aromatic carbocycles. The van der Waals surface area contributed by atoms with E-state index in [9.17, 15) is 0 Å². The van der Waals surface area contributed by atoms with Crippen LogP contribution in [-0.2, 0) is 0 Å². The van der Waals surface area contributed by atoms with Crippen molar-refractivity contribution in [2.45, 2.75) is 39.0 Å². The Morgan fingerprint density at radius 3 is 2.85 bits per heavy atom. The Morgan fingerprint density at radius 1 is 1.31 bits per heavy atom. The first-order valence-electron chi connectivity index (χ1n) is 5.39. The Kier molecular flexibility index (Phi) is 4.88. The molecule has 0 bridgehead atoms. The van der Waals surface area contributed by atoms with Crippen molar-refractivity contribution in [2.24, 2.45) is 0 Å². The van der Waals surface area contributed by atoms with Gasteiger partial charge in [-0.25, -0.2) is 0 Å². The molecule has 0 nitrogen and oxygen atoms in total. The van der Waals surface area contributed by atoms with Crippen LogP contribution in [0.15, 0.2) is 23.6 Å². The van der Waals surface area contributed by atoms with Crippen LogP contribution in [0.4, 0.5) is 0 Å². The first-order chi connectivity index (χ1) is 6.34. The van der Waals surface area contributed by atoms with E-state index in [0.717, 1.165) is 7.28 Å². The summed E-state index contributed by atoms with van der Waals surface area (Å²) >= 11 is 0. The predicted molar refractivity (Wildman–Crippen MR) is 65.3 cm³/mol. The molecule has 0 amide bonds. The molecule has 0 atom stereocenters. The fraction of sp³-hybridized carbons (Fsp3) is 0.545. The van der Waals surface area contributed by atoms with Crippen molar-refractivity contribution in [3.8, 4) is 0 Å². The number of unbranched alkanes of at least 4 members (excludes halogenated alkanes) is 3. The average molecular weight is 172 g/mol. The second-order valence-corrected chi connectivity index (χ2v) is 3.70. The van der Waals surface area contributed by atoms with Crippen LogP contribution in [0.25, 0.3) is 0 Å². The number of hydrogen-bond acceptors (Lipinski definition) is 0. The average Bonchev–Trinajstić information content (AvgIpc) is 2.15. The van der Waals surface area contributed by atoms with E-state index >= 15 is 0 Å². The van der Waals surface area contributed by atoms with Crippen molar-refractivity contribution in [3.63, 3.8) is 0 Å². The summed E-state index contributed by atoms with van der Waals surface area (Å²) in [5.74, 6) is 4.49. The van der Waals surface area contributed by atoms with Crippen molar-refractivity contribution in [2.75, 3.05) is 0 Å². The van der Waals surface area contributed by atoms with E-state index in [0.29, 0.717) is 0 Å². The van der Waals surface area contributed by atoms with Crippen LogP contribution >= 0.6 is 0 Å². The second-order valence-electron chi connectivity index (χ2n) is 3.70. The molecular formula is C11H18B2. The topological polar surface area (TPSA) is 0 Å². The third kappa shape index (κ3) is 3.80. The Labute approximate surface area is 83.4 Å². The quantitative estimate of drug-likeness (QED) is 0.438. The summed E-state index contributed by atoms with van der Waals surface area (Å²) in [7, 11) is 5.14. The summed E-state index contributed by atoms with van der Waals surface area (Å²) in [6.07, 6.45) is 8.76. The molecule has 0 aromatic heterocycles. The predicted octanol–water partition coefficient (Wildman–Crippen LogP) is 1.88. The van der Waals surface area contributed by atoms with E-state index < -0.39 is 0 Å². The molecule has 0 radical (unpaired) electrons. The van der Waals surface area contributed by atoms with E-state index in [4.69, 9.17) is 0 Å². The number of rotatable bonds is 5. The minimum atomic E-state index is 1.10. The van der Waals surface area contributed by atoms with E-state index in [-0.39, 0.29) is 0 Å². The van der Waals surface area contributed by atoms with Gasteiger partial charge in [-0.3, -0.25) is 0 Å². The van der Waals surface area contributed by atoms with Crippen LogP contribution in [0.3, 0.4) is 0 Å². The van der Waals surface area contributed by atoms with Gasteiger partial charge in [0.2, 0.25) is 0 Å². The van der Waals surface area contributed by atoms with Gasteiger partial charge in [-0.1, -0.05) is 0 Å². The van der Waals surface area contributed by atoms with Gasteiger partial charge in [-0.15, -0.1) is 0 Å². The van der Waals surface area contributed by atoms with Crippen LogP contribution in [0.2, 0.25) is 0 Å². The van der Waals surface area contributed by atoms with Crippen LogP contribution < -0.4 is 0 Å². The third-order valence-electron chi connectivity index (χ3n) is 2.53. The van der Waals surface area contributed by atoms with Gasteiger partial charge in [0.05, 0.1) is 0 Å². The van der Waals surface area contributed by atoms with Gasteiger partial charge in [-0.2, -0.15) is 0 Å². The molecule has 0 unspecified atom stereocenters. The zero-order chi connectivity index (χ0) is 9.52. The Hall–Kier alpha value is -0.520. The maximum atomic E-state index is 4.04. The first kappa shape index (κ1) is 10.6. The molecule has 0 N–H and O–H groups in total. The van der Waals surface area contributed by atoms with Crippen LogP contribution in [0, 0.1) is 0 Å². The third-order valence-corrected chi connectivity index (χ3v) is 2.53. The van der Waals surface area contributed by atoms with Gasteiger partial charge >= 0.3 is 82.9 Å². The Morgan fingerprint density at radius 2 is 2.15 bits per heavy atom. The van der Waals surface area contributed by atoms with Crippen LogP contribution in [0.5, 0.6) is 0 Å². The summed E-state index contributed by atoms with van der Waals surface area (Å²) < 4.78 is 0. The fourth-order valence-corrected chi connectivity index (χ4v) is 1.66. The zero-order valence-electron chi connectivity index (χ0n) is 8.68. The molecule has 13 heavy (non-hydrogen) atoms. The van der Waals surface area contributed by atoms with Crippen molar-refractivity contribution >= 4 is 20.2 Å². The van der Waals surface area contributed by atoms with Gasteiger partial charge < -0.3 is 0 Å². The maximum absolute atomic E-state index is 4.04. The van der Waals surface area contributed by atoms with Gasteiger partial charge in [0.1, 0.15) is 0 Å². The van der Waals surface area contributed by atoms with Crippen molar-refractivity contribution < 1.29 is 0 Å². The molecule has 1 aliphatic heterocycles. The standard InChI is InChI=1S/C11H18B2/c1-2-3-4-5-6-10-9-13-8-7-11(10)12/h7-9,12-13H,2-6H2,1H3. The van der Waals surface area contributed by atoms with E-state index in [1.807, 2.05) is 0 Å². The summed E-state index contributed by atoms with van der Waals surface area (Å²) in [5, 5.41) is 0. The van der Waals surface area contributed by atoms with Crippen LogP contribution in [0.1, 0.15) is 39.0 Å². The molecule has 0 aliphatic carbocycles. The van der Waals surface area contributed by atoms with E-state index in [1.165, 1.54) is 43.1 Å². The summed E-state index contributed by atoms with van der Waals surface area (Å²) in [6, 6.07) is 0. The number of allylic oxidation sites excluding steroid dienone is 2. The SMILES string of the molecule is B=C1C=CBC=C1CCCCCC. The molecule has 0 aromatic rings. The monoisotopic (exact) mass is 172 g/mol. The van der Waals surface area contributed by atoms with Crippen molar-refractivity contribution in [1.82, 2.24) is 0 Å². The second kappa shape index (κ2) is 6.01. The molecule has 0 fully saturated rings. The van der Waals surface area contributed by atoms with Gasteiger partial charge in [0, 0.05) is 0 Å². The van der Waals surface area contributed by atoms with Gasteiger partial charge in [0.25, 0.3) is 0 Å². The molecule has 0 spiro atoms. The molecular weight excluding hydrogens is 154 g/mol. The van der Waals surface area contributed by atoms with E-state index in [2.05, 4.69) is 32.4 Å². The minimum absolute atomic E-state index is 1.10. The fourth-order valence-electron chi connectivity index (χ4n) is 1.66. The summed E-state index contributed by atoms with van der Waals surface area (Å²) in [6.45, 7) is 2.25. The molecule has 0 saturated heterocycles. The van der Waals surface area contributed by atoms with E-state index in [1.54, 1.807) is 0 Å². The molecule has 1 aliphatic rings. The van der Waals surface area contributed by atoms with Crippen LogP contribution in [-0.4, -0.2) is 20.2 Å². The molecule has 68 valence electrons. The number of hydrogen-bond donors (Lipinski definition) is 0. The van der Waals surface area contributed by atoms with Gasteiger partial charge in [0.15, 0.2) is 0 Å². The van der Waals surface area contributed by atoms with Gasteiger partial charge in [-0.05, 0) is 0 Å². The summed E-state index contributed by atoms with van der Waals surface area (Å²) in [4.78, 5) is 0. The molecule has 1 heterocycles. The Balaban J connectivity index is 2.21. The Bertz CT molecular complexity index is 226. The van der Waals surface area contributed by atoms with Crippen molar-refractivity contribution in [3.05, 3.63) is 23.6 Å². The molecule has 2 heteroatoms. The molecule has 1 rings (SSSR count). The molecule has 0 saturated carbocycles. The zero-order valence-corrected chi connectivity index (χ0v) is 8.68. The van der Waals surface area contributed by atoms with Crippen molar-refractivity contribution in [1.29, 1.82) is 0 Å². The first-order valence-corrected chi connectivity index (χ1v) is 5.39. The summed E-state index contributed by atoms with van der Waals surface area (Å²) in [5.41, 5.74) is 2.70. The normalized spacial score (nSPS) is 15.4.